The Hall–Kier alpha value is -1.68. The first-order chi connectivity index (χ1) is 9.61. The van der Waals surface area contributed by atoms with E-state index >= 15 is 0 Å². The minimum absolute atomic E-state index is 0.201. The summed E-state index contributed by atoms with van der Waals surface area (Å²) in [6.45, 7) is 9.49. The average Bonchev–Trinajstić information content (AvgIpc) is 2.93. The molecule has 0 aliphatic heterocycles. The minimum Gasteiger partial charge on any atom is -0.339 e. The Morgan fingerprint density at radius 3 is 2.80 bits per heavy atom. The molecule has 20 heavy (non-hydrogen) atoms. The second-order valence-corrected chi connectivity index (χ2v) is 5.36. The number of hydrogen-bond acceptors (Lipinski definition) is 4. The van der Waals surface area contributed by atoms with Crippen molar-refractivity contribution in [2.45, 2.75) is 46.1 Å². The Morgan fingerprint density at radius 1 is 1.30 bits per heavy atom. The predicted molar refractivity (Wildman–Crippen MR) is 80.6 cm³/mol. The molecule has 0 bridgehead atoms. The monoisotopic (exact) mass is 273 g/mol. The molecule has 1 heterocycles. The van der Waals surface area contributed by atoms with E-state index in [1.54, 1.807) is 0 Å². The lowest BCUT2D eigenvalue weighted by molar-refractivity contribution is 0.331. The van der Waals surface area contributed by atoms with Gasteiger partial charge in [0.05, 0.1) is 5.92 Å². The van der Waals surface area contributed by atoms with Crippen molar-refractivity contribution in [2.75, 3.05) is 6.54 Å². The lowest BCUT2D eigenvalue weighted by Gasteiger charge is -2.17. The van der Waals surface area contributed by atoms with Gasteiger partial charge in [-0.1, -0.05) is 42.8 Å². The maximum atomic E-state index is 5.42. The number of hydrogen-bond donors (Lipinski definition) is 1. The van der Waals surface area contributed by atoms with Crippen LogP contribution in [-0.2, 0) is 0 Å². The molecule has 4 heteroatoms. The van der Waals surface area contributed by atoms with Crippen LogP contribution in [-0.4, -0.2) is 22.7 Å². The lowest BCUT2D eigenvalue weighted by Crippen LogP contribution is -2.31. The Kier molecular flexibility index (Phi) is 4.90. The molecule has 0 saturated carbocycles. The summed E-state index contributed by atoms with van der Waals surface area (Å²) in [7, 11) is 0. The van der Waals surface area contributed by atoms with Crippen molar-refractivity contribution in [3.05, 3.63) is 35.7 Å². The van der Waals surface area contributed by atoms with Crippen LogP contribution in [0.5, 0.6) is 0 Å². The fourth-order valence-corrected chi connectivity index (χ4v) is 2.08. The van der Waals surface area contributed by atoms with Crippen LogP contribution in [0.4, 0.5) is 0 Å². The molecule has 0 spiro atoms. The molecule has 0 radical (unpaired) electrons. The van der Waals surface area contributed by atoms with Gasteiger partial charge in [0.15, 0.2) is 0 Å². The molecular weight excluding hydrogens is 250 g/mol. The van der Waals surface area contributed by atoms with Gasteiger partial charge in [0.1, 0.15) is 0 Å². The van der Waals surface area contributed by atoms with Crippen molar-refractivity contribution in [3.63, 3.8) is 0 Å². The number of rotatable bonds is 6. The second-order valence-electron chi connectivity index (χ2n) is 5.36. The molecule has 1 aromatic heterocycles. The minimum atomic E-state index is 0.201. The summed E-state index contributed by atoms with van der Waals surface area (Å²) in [6.07, 6.45) is 1.12. The zero-order valence-electron chi connectivity index (χ0n) is 12.7. The molecule has 0 fully saturated rings. The molecule has 4 nitrogen and oxygen atoms in total. The fourth-order valence-electron chi connectivity index (χ4n) is 2.08. The average molecular weight is 273 g/mol. The summed E-state index contributed by atoms with van der Waals surface area (Å²) < 4.78 is 5.42. The van der Waals surface area contributed by atoms with Gasteiger partial charge in [-0.3, -0.25) is 0 Å². The van der Waals surface area contributed by atoms with Crippen LogP contribution < -0.4 is 5.32 Å². The van der Waals surface area contributed by atoms with E-state index in [1.165, 1.54) is 5.56 Å². The summed E-state index contributed by atoms with van der Waals surface area (Å²) in [5, 5.41) is 7.56. The van der Waals surface area contributed by atoms with E-state index in [1.807, 2.05) is 12.1 Å². The highest BCUT2D eigenvalue weighted by Crippen LogP contribution is 2.22. The van der Waals surface area contributed by atoms with Gasteiger partial charge in [0.2, 0.25) is 11.7 Å². The van der Waals surface area contributed by atoms with Gasteiger partial charge in [-0.2, -0.15) is 4.98 Å². The van der Waals surface area contributed by atoms with Crippen molar-refractivity contribution in [1.82, 2.24) is 15.5 Å². The van der Waals surface area contributed by atoms with E-state index < -0.39 is 0 Å². The SMILES string of the molecule is CCCNC(C)C(C)c1nc(-c2cccc(C)c2)no1. The molecule has 2 atom stereocenters. The molecule has 1 N–H and O–H groups in total. The van der Waals surface area contributed by atoms with Crippen molar-refractivity contribution < 1.29 is 4.52 Å². The number of nitrogens with zero attached hydrogens (tertiary/aromatic N) is 2. The van der Waals surface area contributed by atoms with Gasteiger partial charge in [0.25, 0.3) is 0 Å². The highest BCUT2D eigenvalue weighted by atomic mass is 16.5. The van der Waals surface area contributed by atoms with Gasteiger partial charge in [-0.25, -0.2) is 0 Å². The molecule has 1 aromatic carbocycles. The smallest absolute Gasteiger partial charge is 0.231 e. The summed E-state index contributed by atoms with van der Waals surface area (Å²) in [5.41, 5.74) is 2.20. The number of nitrogens with one attached hydrogen (secondary N) is 1. The maximum absolute atomic E-state index is 5.42. The molecule has 0 aliphatic carbocycles. The number of aryl methyl sites for hydroxylation is 1. The van der Waals surface area contributed by atoms with Crippen LogP contribution in [0.15, 0.2) is 28.8 Å². The molecule has 0 aliphatic rings. The largest absolute Gasteiger partial charge is 0.339 e. The van der Waals surface area contributed by atoms with Gasteiger partial charge < -0.3 is 9.84 Å². The number of aromatic nitrogens is 2. The third-order valence-corrected chi connectivity index (χ3v) is 3.57. The second kappa shape index (κ2) is 6.66. The molecule has 108 valence electrons. The highest BCUT2D eigenvalue weighted by Gasteiger charge is 2.20. The fraction of sp³-hybridized carbons (Fsp3) is 0.500. The Balaban J connectivity index is 2.12. The first kappa shape index (κ1) is 14.7. The molecule has 0 amide bonds. The topological polar surface area (TPSA) is 51.0 Å². The Morgan fingerprint density at radius 2 is 2.10 bits per heavy atom. The van der Waals surface area contributed by atoms with Crippen molar-refractivity contribution >= 4 is 0 Å². The summed E-state index contributed by atoms with van der Waals surface area (Å²) in [5.74, 6) is 1.56. The summed E-state index contributed by atoms with van der Waals surface area (Å²) in [6, 6.07) is 8.46. The third kappa shape index (κ3) is 3.45. The van der Waals surface area contributed by atoms with Gasteiger partial charge in [-0.15, -0.1) is 0 Å². The van der Waals surface area contributed by atoms with Crippen LogP contribution in [0.3, 0.4) is 0 Å². The number of benzene rings is 1. The third-order valence-electron chi connectivity index (χ3n) is 3.57. The van der Waals surface area contributed by atoms with Crippen molar-refractivity contribution in [2.24, 2.45) is 0 Å². The molecule has 2 unspecified atom stereocenters. The van der Waals surface area contributed by atoms with E-state index in [0.29, 0.717) is 17.8 Å². The van der Waals surface area contributed by atoms with Crippen LogP contribution in [0.2, 0.25) is 0 Å². The zero-order valence-corrected chi connectivity index (χ0v) is 12.7. The van der Waals surface area contributed by atoms with Crippen molar-refractivity contribution in [1.29, 1.82) is 0 Å². The van der Waals surface area contributed by atoms with Crippen LogP contribution in [0.1, 0.15) is 44.6 Å². The molecule has 2 rings (SSSR count). The molecular formula is C16H23N3O. The van der Waals surface area contributed by atoms with Crippen LogP contribution >= 0.6 is 0 Å². The lowest BCUT2D eigenvalue weighted by atomic mass is 10.0. The quantitative estimate of drug-likeness (QED) is 0.874. The van der Waals surface area contributed by atoms with E-state index in [4.69, 9.17) is 4.52 Å². The van der Waals surface area contributed by atoms with E-state index in [-0.39, 0.29) is 5.92 Å². The van der Waals surface area contributed by atoms with Gasteiger partial charge in [-0.05, 0) is 32.9 Å². The maximum Gasteiger partial charge on any atom is 0.231 e. The van der Waals surface area contributed by atoms with E-state index in [2.05, 4.69) is 55.3 Å². The zero-order chi connectivity index (χ0) is 14.5. The first-order valence-corrected chi connectivity index (χ1v) is 7.25. The summed E-state index contributed by atoms with van der Waals surface area (Å²) >= 11 is 0. The van der Waals surface area contributed by atoms with Crippen molar-refractivity contribution in [3.8, 4) is 11.4 Å². The Labute approximate surface area is 120 Å². The first-order valence-electron chi connectivity index (χ1n) is 7.25. The highest BCUT2D eigenvalue weighted by molar-refractivity contribution is 5.55. The van der Waals surface area contributed by atoms with E-state index in [9.17, 15) is 0 Å². The Bertz CT molecular complexity index is 550. The van der Waals surface area contributed by atoms with E-state index in [0.717, 1.165) is 18.5 Å². The van der Waals surface area contributed by atoms with Gasteiger partial charge >= 0.3 is 0 Å². The predicted octanol–water partition coefficient (Wildman–Crippen LogP) is 3.54. The standard InChI is InChI=1S/C16H23N3O/c1-5-9-17-13(4)12(3)16-18-15(19-20-16)14-8-6-7-11(2)10-14/h6-8,10,12-13,17H,5,9H2,1-4H3. The van der Waals surface area contributed by atoms with Crippen LogP contribution in [0.25, 0.3) is 11.4 Å². The molecule has 2 aromatic rings. The molecule has 0 saturated heterocycles. The summed E-state index contributed by atoms with van der Waals surface area (Å²) in [4.78, 5) is 4.53. The van der Waals surface area contributed by atoms with Gasteiger partial charge in [0, 0.05) is 11.6 Å². The normalized spacial score (nSPS) is 14.2. The van der Waals surface area contributed by atoms with Crippen LogP contribution in [0, 0.1) is 6.92 Å².